The van der Waals surface area contributed by atoms with Gasteiger partial charge in [-0.25, -0.2) is 0 Å². The van der Waals surface area contributed by atoms with E-state index in [1.807, 2.05) is 6.92 Å². The molecule has 0 amide bonds. The van der Waals surface area contributed by atoms with E-state index in [9.17, 15) is 4.91 Å². The average molecular weight is 158 g/mol. The molecule has 0 aromatic heterocycles. The van der Waals surface area contributed by atoms with Crippen LogP contribution in [-0.4, -0.2) is 19.6 Å². The zero-order valence-electron chi connectivity index (χ0n) is 7.63. The highest BCUT2D eigenvalue weighted by molar-refractivity contribution is 4.59. The van der Waals surface area contributed by atoms with Gasteiger partial charge < -0.3 is 5.32 Å². The molecule has 3 nitrogen and oxygen atoms in total. The van der Waals surface area contributed by atoms with Crippen LogP contribution in [0.15, 0.2) is 5.18 Å². The van der Waals surface area contributed by atoms with Gasteiger partial charge in [-0.05, 0) is 24.9 Å². The fourth-order valence-electron chi connectivity index (χ4n) is 0.810. The summed E-state index contributed by atoms with van der Waals surface area (Å²) in [6.07, 6.45) is 0. The van der Waals surface area contributed by atoms with Gasteiger partial charge in [-0.3, -0.25) is 0 Å². The van der Waals surface area contributed by atoms with Gasteiger partial charge in [-0.15, -0.1) is 0 Å². The summed E-state index contributed by atoms with van der Waals surface area (Å²) in [6.45, 7) is 8.68. The summed E-state index contributed by atoms with van der Waals surface area (Å²) in [7, 11) is 0. The van der Waals surface area contributed by atoms with Crippen molar-refractivity contribution in [2.75, 3.05) is 19.6 Å². The van der Waals surface area contributed by atoms with E-state index in [0.717, 1.165) is 13.1 Å². The zero-order chi connectivity index (χ0) is 8.69. The van der Waals surface area contributed by atoms with E-state index in [1.54, 1.807) is 0 Å². The van der Waals surface area contributed by atoms with E-state index in [1.165, 1.54) is 0 Å². The first-order chi connectivity index (χ1) is 5.16. The van der Waals surface area contributed by atoms with E-state index in [0.29, 0.717) is 18.4 Å². The normalized spacial score (nSPS) is 13.5. The number of nitrogens with zero attached hydrogens (tertiary/aromatic N) is 1. The maximum Gasteiger partial charge on any atom is 0.0848 e. The van der Waals surface area contributed by atoms with Gasteiger partial charge in [0.2, 0.25) is 0 Å². The van der Waals surface area contributed by atoms with Crippen LogP contribution >= 0.6 is 0 Å². The lowest BCUT2D eigenvalue weighted by molar-refractivity contribution is 0.481. The zero-order valence-corrected chi connectivity index (χ0v) is 7.63. The van der Waals surface area contributed by atoms with E-state index in [4.69, 9.17) is 0 Å². The van der Waals surface area contributed by atoms with Crippen LogP contribution in [0.25, 0.3) is 0 Å². The SMILES string of the molecule is CC(C)CNCC(C)CN=O. The van der Waals surface area contributed by atoms with Crippen molar-refractivity contribution in [2.45, 2.75) is 20.8 Å². The molecule has 0 rings (SSSR count). The monoisotopic (exact) mass is 158 g/mol. The molecule has 1 atom stereocenters. The molecule has 0 saturated carbocycles. The molecule has 0 saturated heterocycles. The predicted molar refractivity (Wildman–Crippen MR) is 47.5 cm³/mol. The molecular formula is C8H18N2O. The fourth-order valence-corrected chi connectivity index (χ4v) is 0.810. The van der Waals surface area contributed by atoms with Gasteiger partial charge in [0.1, 0.15) is 0 Å². The van der Waals surface area contributed by atoms with Gasteiger partial charge in [0, 0.05) is 0 Å². The Morgan fingerprint density at radius 3 is 2.36 bits per heavy atom. The van der Waals surface area contributed by atoms with Crippen LogP contribution in [0.1, 0.15) is 20.8 Å². The van der Waals surface area contributed by atoms with E-state index < -0.39 is 0 Å². The smallest absolute Gasteiger partial charge is 0.0848 e. The Kier molecular flexibility index (Phi) is 6.03. The first-order valence-corrected chi connectivity index (χ1v) is 4.16. The summed E-state index contributed by atoms with van der Waals surface area (Å²) in [5.41, 5.74) is 0. The lowest BCUT2D eigenvalue weighted by atomic mass is 10.1. The highest BCUT2D eigenvalue weighted by Gasteiger charge is 2.00. The van der Waals surface area contributed by atoms with Crippen LogP contribution in [-0.2, 0) is 0 Å². The number of hydrogen-bond acceptors (Lipinski definition) is 3. The topological polar surface area (TPSA) is 41.5 Å². The molecule has 0 aromatic rings. The summed E-state index contributed by atoms with van der Waals surface area (Å²) in [5, 5.41) is 6.11. The number of nitrogens with one attached hydrogen (secondary N) is 1. The maximum absolute atomic E-state index is 9.83. The van der Waals surface area contributed by atoms with Gasteiger partial charge in [0.05, 0.1) is 6.54 Å². The third-order valence-electron chi connectivity index (χ3n) is 1.43. The van der Waals surface area contributed by atoms with Crippen molar-refractivity contribution >= 4 is 0 Å². The second-order valence-corrected chi connectivity index (χ2v) is 3.47. The molecule has 1 unspecified atom stereocenters. The number of rotatable bonds is 6. The van der Waals surface area contributed by atoms with Crippen LogP contribution in [0, 0.1) is 16.7 Å². The minimum atomic E-state index is 0.367. The van der Waals surface area contributed by atoms with E-state index in [2.05, 4.69) is 24.3 Å². The Balaban J connectivity index is 3.16. The lowest BCUT2D eigenvalue weighted by Gasteiger charge is -2.10. The minimum absolute atomic E-state index is 0.367. The maximum atomic E-state index is 9.83. The molecule has 0 aliphatic heterocycles. The highest BCUT2D eigenvalue weighted by Crippen LogP contribution is 1.93. The molecule has 0 bridgehead atoms. The quantitative estimate of drug-likeness (QED) is 0.597. The van der Waals surface area contributed by atoms with Crippen LogP contribution < -0.4 is 5.32 Å². The fraction of sp³-hybridized carbons (Fsp3) is 1.00. The Hall–Kier alpha value is -0.440. The Bertz CT molecular complexity index is 104. The molecule has 0 aliphatic carbocycles. The summed E-state index contributed by atoms with van der Waals surface area (Å²) >= 11 is 0. The van der Waals surface area contributed by atoms with Crippen LogP contribution in [0.3, 0.4) is 0 Å². The molecule has 66 valence electrons. The summed E-state index contributed by atoms with van der Waals surface area (Å²) in [4.78, 5) is 9.83. The molecule has 0 fully saturated rings. The molecule has 0 heterocycles. The van der Waals surface area contributed by atoms with Crippen molar-refractivity contribution in [3.8, 4) is 0 Å². The molecule has 0 aliphatic rings. The van der Waals surface area contributed by atoms with E-state index >= 15 is 0 Å². The Morgan fingerprint density at radius 1 is 1.27 bits per heavy atom. The first kappa shape index (κ1) is 10.6. The summed E-state index contributed by atoms with van der Waals surface area (Å²) in [5.74, 6) is 1.04. The van der Waals surface area contributed by atoms with E-state index in [-0.39, 0.29) is 0 Å². The lowest BCUT2D eigenvalue weighted by Crippen LogP contribution is -2.26. The second-order valence-electron chi connectivity index (χ2n) is 3.47. The largest absolute Gasteiger partial charge is 0.316 e. The molecule has 11 heavy (non-hydrogen) atoms. The van der Waals surface area contributed by atoms with Gasteiger partial charge in [0.15, 0.2) is 0 Å². The van der Waals surface area contributed by atoms with Gasteiger partial charge >= 0.3 is 0 Å². The van der Waals surface area contributed by atoms with Crippen LogP contribution in [0.4, 0.5) is 0 Å². The van der Waals surface area contributed by atoms with Gasteiger partial charge in [-0.2, -0.15) is 4.91 Å². The molecule has 3 heteroatoms. The number of nitroso groups, excluding NO2 is 1. The molecule has 0 spiro atoms. The van der Waals surface area contributed by atoms with Crippen molar-refractivity contribution < 1.29 is 0 Å². The third kappa shape index (κ3) is 7.46. The van der Waals surface area contributed by atoms with Gasteiger partial charge in [0.25, 0.3) is 0 Å². The minimum Gasteiger partial charge on any atom is -0.316 e. The standard InChI is InChI=1S/C8H18N2O/c1-7(2)4-9-5-8(3)6-10-11/h7-9H,4-6H2,1-3H3. The average Bonchev–Trinajstić information content (AvgIpc) is 1.87. The second kappa shape index (κ2) is 6.28. The van der Waals surface area contributed by atoms with Crippen molar-refractivity contribution in [1.82, 2.24) is 5.32 Å². The van der Waals surface area contributed by atoms with Crippen molar-refractivity contribution in [3.05, 3.63) is 4.91 Å². The summed E-state index contributed by atoms with van der Waals surface area (Å²) < 4.78 is 0. The van der Waals surface area contributed by atoms with Gasteiger partial charge in [-0.1, -0.05) is 25.9 Å². The molecular weight excluding hydrogens is 140 g/mol. The van der Waals surface area contributed by atoms with Crippen molar-refractivity contribution in [3.63, 3.8) is 0 Å². The summed E-state index contributed by atoms with van der Waals surface area (Å²) in [6, 6.07) is 0. The predicted octanol–water partition coefficient (Wildman–Crippen LogP) is 1.63. The van der Waals surface area contributed by atoms with Crippen LogP contribution in [0.5, 0.6) is 0 Å². The Morgan fingerprint density at radius 2 is 1.91 bits per heavy atom. The number of hydrogen-bond donors (Lipinski definition) is 1. The van der Waals surface area contributed by atoms with Crippen LogP contribution in [0.2, 0.25) is 0 Å². The van der Waals surface area contributed by atoms with Crippen molar-refractivity contribution in [2.24, 2.45) is 17.0 Å². The molecule has 0 radical (unpaired) electrons. The first-order valence-electron chi connectivity index (χ1n) is 4.16. The molecule has 1 N–H and O–H groups in total. The highest BCUT2D eigenvalue weighted by atomic mass is 16.3. The van der Waals surface area contributed by atoms with Crippen molar-refractivity contribution in [1.29, 1.82) is 0 Å². The molecule has 0 aromatic carbocycles. The Labute approximate surface area is 68.5 Å². The third-order valence-corrected chi connectivity index (χ3v) is 1.43.